The normalized spacial score (nSPS) is 18.8. The largest absolute Gasteiger partial charge is 0.496 e. The van der Waals surface area contributed by atoms with Crippen molar-refractivity contribution < 1.29 is 14.9 Å². The van der Waals surface area contributed by atoms with Crippen molar-refractivity contribution in [2.45, 2.75) is 57.7 Å². The maximum atomic E-state index is 12.4. The molecule has 192 valence electrons. The van der Waals surface area contributed by atoms with E-state index in [0.717, 1.165) is 35.3 Å². The number of hydrogen-bond acceptors (Lipinski definition) is 5. The minimum atomic E-state index is -1.18. The first kappa shape index (κ1) is 26.3. The lowest BCUT2D eigenvalue weighted by Crippen LogP contribution is -2.63. The van der Waals surface area contributed by atoms with Crippen LogP contribution in [0.3, 0.4) is 0 Å². The molecule has 2 atom stereocenters. The van der Waals surface area contributed by atoms with Gasteiger partial charge in [0.2, 0.25) is 0 Å². The van der Waals surface area contributed by atoms with E-state index in [4.69, 9.17) is 4.74 Å². The van der Waals surface area contributed by atoms with Crippen molar-refractivity contribution >= 4 is 0 Å². The molecule has 0 amide bonds. The summed E-state index contributed by atoms with van der Waals surface area (Å²) in [6.07, 6.45) is 4.74. The number of ether oxygens (including phenoxy) is 1. The molecule has 1 unspecified atom stereocenters. The van der Waals surface area contributed by atoms with E-state index in [9.17, 15) is 10.2 Å². The zero-order chi connectivity index (χ0) is 26.1. The number of aliphatic hydroxyl groups is 2. The zero-order valence-corrected chi connectivity index (χ0v) is 22.5. The Morgan fingerprint density at radius 3 is 2.31 bits per heavy atom. The smallest absolute Gasteiger partial charge is 0.124 e. The molecule has 0 saturated carbocycles. The van der Waals surface area contributed by atoms with Crippen molar-refractivity contribution in [1.29, 1.82) is 0 Å². The predicted molar refractivity (Wildman–Crippen MR) is 144 cm³/mol. The summed E-state index contributed by atoms with van der Waals surface area (Å²) in [5, 5.41) is 23.7. The fourth-order valence-corrected chi connectivity index (χ4v) is 5.78. The van der Waals surface area contributed by atoms with Gasteiger partial charge in [0.05, 0.1) is 12.7 Å². The van der Waals surface area contributed by atoms with Gasteiger partial charge in [0, 0.05) is 42.0 Å². The molecule has 3 aromatic rings. The fraction of sp³-hybridized carbons (Fsp3) is 0.452. The Bertz CT molecular complexity index is 1180. The summed E-state index contributed by atoms with van der Waals surface area (Å²) in [4.78, 5) is 6.77. The van der Waals surface area contributed by atoms with Crippen molar-refractivity contribution in [3.05, 3.63) is 94.8 Å². The number of benzene rings is 2. The Hall–Kier alpha value is -2.73. The SMILES string of the molecule is COc1ccccc1C(C)(O)CCc1cncc([C@@](O)(c2ccc(C(C)C)cc2)C2(C)CN(C)C2)c1. The quantitative estimate of drug-likeness (QED) is 0.431. The molecule has 1 aliphatic rings. The minimum absolute atomic E-state index is 0.343. The van der Waals surface area contributed by atoms with Gasteiger partial charge in [-0.25, -0.2) is 0 Å². The molecule has 36 heavy (non-hydrogen) atoms. The van der Waals surface area contributed by atoms with E-state index in [1.54, 1.807) is 13.3 Å². The third-order valence-corrected chi connectivity index (χ3v) is 7.91. The molecule has 0 bridgehead atoms. The Kier molecular flexibility index (Phi) is 7.29. The van der Waals surface area contributed by atoms with E-state index >= 15 is 0 Å². The number of pyridine rings is 1. The number of hydrogen-bond donors (Lipinski definition) is 2. The highest BCUT2D eigenvalue weighted by Gasteiger charge is 2.55. The van der Waals surface area contributed by atoms with Gasteiger partial charge in [0.1, 0.15) is 11.4 Å². The number of nitrogens with zero attached hydrogens (tertiary/aromatic N) is 2. The summed E-state index contributed by atoms with van der Waals surface area (Å²) in [6, 6.07) is 18.0. The van der Waals surface area contributed by atoms with Gasteiger partial charge in [-0.15, -0.1) is 0 Å². The minimum Gasteiger partial charge on any atom is -0.496 e. The average Bonchev–Trinajstić information content (AvgIpc) is 2.86. The highest BCUT2D eigenvalue weighted by molar-refractivity contribution is 5.42. The standard InChI is InChI=1S/C31H40N2O3/c1-22(2)24-11-13-25(14-12-24)31(35,29(3)20-33(5)21-29)26-17-23(18-32-19-26)15-16-30(4,34)27-9-7-8-10-28(27)36-6/h7-14,17-19,22,34-35H,15-16,20-21H2,1-6H3/t30?,31-/m0/s1. The molecule has 1 fully saturated rings. The van der Waals surface area contributed by atoms with E-state index in [0.29, 0.717) is 24.5 Å². The number of rotatable bonds is 9. The summed E-state index contributed by atoms with van der Waals surface area (Å²) in [5.74, 6) is 1.11. The summed E-state index contributed by atoms with van der Waals surface area (Å²) in [7, 11) is 3.70. The van der Waals surface area contributed by atoms with Crippen LogP contribution in [0.2, 0.25) is 0 Å². The summed E-state index contributed by atoms with van der Waals surface area (Å²) >= 11 is 0. The van der Waals surface area contributed by atoms with Crippen LogP contribution in [0.1, 0.15) is 67.9 Å². The molecular formula is C31H40N2O3. The van der Waals surface area contributed by atoms with Gasteiger partial charge in [-0.3, -0.25) is 4.98 Å². The molecule has 2 aromatic carbocycles. The third kappa shape index (κ3) is 4.80. The molecular weight excluding hydrogens is 448 g/mol. The van der Waals surface area contributed by atoms with Crippen LogP contribution < -0.4 is 4.74 Å². The van der Waals surface area contributed by atoms with Gasteiger partial charge in [-0.2, -0.15) is 0 Å². The third-order valence-electron chi connectivity index (χ3n) is 7.91. The molecule has 0 aliphatic carbocycles. The van der Waals surface area contributed by atoms with Gasteiger partial charge in [-0.05, 0) is 61.6 Å². The van der Waals surface area contributed by atoms with Crippen LogP contribution in [0.5, 0.6) is 5.75 Å². The van der Waals surface area contributed by atoms with Gasteiger partial charge >= 0.3 is 0 Å². The number of para-hydroxylation sites is 1. The van der Waals surface area contributed by atoms with E-state index in [-0.39, 0.29) is 5.41 Å². The number of likely N-dealkylation sites (tertiary alicyclic amines) is 1. The average molecular weight is 489 g/mol. The zero-order valence-electron chi connectivity index (χ0n) is 22.5. The molecule has 2 heterocycles. The Morgan fingerprint density at radius 1 is 1.03 bits per heavy atom. The van der Waals surface area contributed by atoms with Crippen molar-refractivity contribution in [1.82, 2.24) is 9.88 Å². The first-order valence-corrected chi connectivity index (χ1v) is 12.8. The second-order valence-electron chi connectivity index (χ2n) is 11.3. The molecule has 5 nitrogen and oxygen atoms in total. The highest BCUT2D eigenvalue weighted by Crippen LogP contribution is 2.50. The Balaban J connectivity index is 1.66. The van der Waals surface area contributed by atoms with E-state index in [2.05, 4.69) is 68.0 Å². The number of aryl methyl sites for hydroxylation is 1. The second kappa shape index (κ2) is 9.97. The molecule has 2 N–H and O–H groups in total. The van der Waals surface area contributed by atoms with E-state index < -0.39 is 11.2 Å². The molecule has 1 aliphatic heterocycles. The van der Waals surface area contributed by atoms with Crippen LogP contribution in [0.4, 0.5) is 0 Å². The van der Waals surface area contributed by atoms with Gasteiger partial charge < -0.3 is 19.8 Å². The van der Waals surface area contributed by atoms with Crippen LogP contribution in [0, 0.1) is 5.41 Å². The first-order chi connectivity index (χ1) is 17.0. The maximum absolute atomic E-state index is 12.4. The Labute approximate surface area is 215 Å². The summed E-state index contributed by atoms with van der Waals surface area (Å²) in [6.45, 7) is 9.92. The lowest BCUT2D eigenvalue weighted by Gasteiger charge is -2.56. The molecule has 0 radical (unpaired) electrons. The van der Waals surface area contributed by atoms with Gasteiger partial charge in [0.15, 0.2) is 0 Å². The van der Waals surface area contributed by atoms with Crippen LogP contribution >= 0.6 is 0 Å². The molecule has 1 aromatic heterocycles. The lowest BCUT2D eigenvalue weighted by molar-refractivity contribution is -0.127. The highest BCUT2D eigenvalue weighted by atomic mass is 16.5. The molecule has 1 saturated heterocycles. The van der Waals surface area contributed by atoms with Crippen molar-refractivity contribution in [3.8, 4) is 5.75 Å². The summed E-state index contributed by atoms with van der Waals surface area (Å²) < 4.78 is 5.48. The molecule has 5 heteroatoms. The van der Waals surface area contributed by atoms with Crippen LogP contribution in [-0.4, -0.2) is 47.3 Å². The van der Waals surface area contributed by atoms with Crippen LogP contribution in [-0.2, 0) is 17.6 Å². The van der Waals surface area contributed by atoms with Crippen molar-refractivity contribution in [3.63, 3.8) is 0 Å². The predicted octanol–water partition coefficient (Wildman–Crippen LogP) is 5.24. The van der Waals surface area contributed by atoms with Crippen LogP contribution in [0.25, 0.3) is 0 Å². The lowest BCUT2D eigenvalue weighted by atomic mass is 9.62. The number of aromatic nitrogens is 1. The second-order valence-corrected chi connectivity index (χ2v) is 11.3. The molecule has 0 spiro atoms. The monoisotopic (exact) mass is 488 g/mol. The van der Waals surface area contributed by atoms with Gasteiger partial charge in [0.25, 0.3) is 0 Å². The van der Waals surface area contributed by atoms with E-state index in [1.165, 1.54) is 5.56 Å². The Morgan fingerprint density at radius 2 is 1.69 bits per heavy atom. The summed E-state index contributed by atoms with van der Waals surface area (Å²) in [5.41, 5.74) is 2.11. The first-order valence-electron chi connectivity index (χ1n) is 12.8. The fourth-order valence-electron chi connectivity index (χ4n) is 5.78. The van der Waals surface area contributed by atoms with Crippen molar-refractivity contribution in [2.75, 3.05) is 27.2 Å². The van der Waals surface area contributed by atoms with Crippen LogP contribution in [0.15, 0.2) is 67.0 Å². The molecule has 4 rings (SSSR count). The maximum Gasteiger partial charge on any atom is 0.124 e. The topological polar surface area (TPSA) is 65.8 Å². The van der Waals surface area contributed by atoms with Crippen molar-refractivity contribution in [2.24, 2.45) is 5.41 Å². The number of methoxy groups -OCH3 is 1. The van der Waals surface area contributed by atoms with Gasteiger partial charge in [-0.1, -0.05) is 63.2 Å². The van der Waals surface area contributed by atoms with E-state index in [1.807, 2.05) is 37.4 Å².